The quantitative estimate of drug-likeness (QED) is 0.682. The number of benzene rings is 2. The largest absolute Gasteiger partial charge is 0.382 e. The first kappa shape index (κ1) is 19.5. The van der Waals surface area contributed by atoms with Crippen LogP contribution in [0, 0.1) is 5.82 Å². The molecule has 8 heteroatoms. The molecule has 1 aliphatic heterocycles. The molecule has 3 N–H and O–H groups in total. The van der Waals surface area contributed by atoms with Gasteiger partial charge in [-0.1, -0.05) is 24.3 Å². The molecule has 0 aliphatic carbocycles. The fourth-order valence-corrected chi connectivity index (χ4v) is 5.44. The maximum absolute atomic E-state index is 14.8. The van der Waals surface area contributed by atoms with E-state index in [0.717, 1.165) is 12.8 Å². The van der Waals surface area contributed by atoms with E-state index in [2.05, 4.69) is 15.3 Å². The van der Waals surface area contributed by atoms with E-state index in [-0.39, 0.29) is 16.3 Å². The average molecular weight is 412 g/mol. The lowest BCUT2D eigenvalue weighted by Crippen LogP contribution is -2.40. The number of hydrogen-bond acceptors (Lipinski definition) is 6. The van der Waals surface area contributed by atoms with E-state index in [9.17, 15) is 12.8 Å². The number of nitrogens with one attached hydrogen (secondary N) is 1. The van der Waals surface area contributed by atoms with Crippen molar-refractivity contribution in [3.05, 3.63) is 60.7 Å². The number of halogens is 1. The van der Waals surface area contributed by atoms with Gasteiger partial charge in [0.2, 0.25) is 0 Å². The van der Waals surface area contributed by atoms with Gasteiger partial charge in [0, 0.05) is 11.1 Å². The van der Waals surface area contributed by atoms with Gasteiger partial charge in [0.25, 0.3) is 0 Å². The van der Waals surface area contributed by atoms with Gasteiger partial charge in [-0.2, -0.15) is 0 Å². The van der Waals surface area contributed by atoms with Crippen LogP contribution in [0.3, 0.4) is 0 Å². The zero-order valence-electron chi connectivity index (χ0n) is 15.7. The van der Waals surface area contributed by atoms with Crippen LogP contribution in [0.4, 0.5) is 10.2 Å². The molecule has 29 heavy (non-hydrogen) atoms. The van der Waals surface area contributed by atoms with E-state index < -0.39 is 21.0 Å². The second kappa shape index (κ2) is 7.88. The molecule has 1 fully saturated rings. The first-order valence-electron chi connectivity index (χ1n) is 9.41. The Hall–Kier alpha value is -2.84. The van der Waals surface area contributed by atoms with Crippen molar-refractivity contribution in [2.75, 3.05) is 12.3 Å². The van der Waals surface area contributed by atoms with Crippen molar-refractivity contribution in [3.8, 4) is 22.4 Å². The van der Waals surface area contributed by atoms with E-state index in [1.54, 1.807) is 36.4 Å². The Labute approximate surface area is 168 Å². The van der Waals surface area contributed by atoms with Gasteiger partial charge in [0.15, 0.2) is 9.84 Å². The summed E-state index contributed by atoms with van der Waals surface area (Å²) < 4.78 is 41.2. The smallest absolute Gasteiger partial charge is 0.194 e. The molecule has 0 spiro atoms. The Kier molecular flexibility index (Phi) is 5.29. The second-order valence-corrected chi connectivity index (χ2v) is 9.10. The zero-order valence-corrected chi connectivity index (χ0v) is 16.5. The lowest BCUT2D eigenvalue weighted by molar-refractivity contribution is 0.461. The highest BCUT2D eigenvalue weighted by Crippen LogP contribution is 2.33. The highest BCUT2D eigenvalue weighted by atomic mass is 32.2. The van der Waals surface area contributed by atoms with E-state index in [0.29, 0.717) is 29.8 Å². The topological polar surface area (TPSA) is 98.0 Å². The van der Waals surface area contributed by atoms with Crippen LogP contribution in [0.5, 0.6) is 0 Å². The highest BCUT2D eigenvalue weighted by molar-refractivity contribution is 7.92. The number of hydrogen-bond donors (Lipinski definition) is 2. The fraction of sp³-hybridized carbons (Fsp3) is 0.238. The monoisotopic (exact) mass is 412 g/mol. The summed E-state index contributed by atoms with van der Waals surface area (Å²) in [6.45, 7) is 0.679. The van der Waals surface area contributed by atoms with Gasteiger partial charge in [-0.3, -0.25) is 4.98 Å². The fourth-order valence-electron chi connectivity index (χ4n) is 3.56. The van der Waals surface area contributed by atoms with Gasteiger partial charge in [0.05, 0.1) is 23.0 Å². The van der Waals surface area contributed by atoms with Crippen LogP contribution in [0.2, 0.25) is 0 Å². The van der Waals surface area contributed by atoms with Crippen molar-refractivity contribution >= 4 is 15.7 Å². The number of nitrogens with zero attached hydrogens (tertiary/aromatic N) is 2. The van der Waals surface area contributed by atoms with Crippen LogP contribution in [0.1, 0.15) is 19.3 Å². The molecule has 3 aromatic rings. The molecule has 0 saturated carbocycles. The average Bonchev–Trinajstić information content (AvgIpc) is 2.75. The molecule has 0 amide bonds. The number of piperidine rings is 1. The van der Waals surface area contributed by atoms with E-state index in [1.165, 1.54) is 18.5 Å². The van der Waals surface area contributed by atoms with Crippen LogP contribution >= 0.6 is 0 Å². The lowest BCUT2D eigenvalue weighted by atomic mass is 10.0. The number of rotatable bonds is 4. The third-order valence-corrected chi connectivity index (χ3v) is 7.18. The van der Waals surface area contributed by atoms with E-state index in [1.807, 2.05) is 0 Å². The van der Waals surface area contributed by atoms with Crippen molar-refractivity contribution in [2.24, 2.45) is 0 Å². The maximum Gasteiger partial charge on any atom is 0.194 e. The predicted octanol–water partition coefficient (Wildman–Crippen LogP) is 3.41. The Morgan fingerprint density at radius 3 is 2.55 bits per heavy atom. The van der Waals surface area contributed by atoms with E-state index >= 15 is 0 Å². The van der Waals surface area contributed by atoms with E-state index in [4.69, 9.17) is 5.73 Å². The summed E-state index contributed by atoms with van der Waals surface area (Å²) in [5.74, 6) is -0.259. The Morgan fingerprint density at radius 1 is 1.03 bits per heavy atom. The summed E-state index contributed by atoms with van der Waals surface area (Å²) in [5, 5.41) is 2.48. The van der Waals surface area contributed by atoms with Gasteiger partial charge in [-0.25, -0.2) is 17.8 Å². The molecule has 6 nitrogen and oxygen atoms in total. The molecule has 1 atom stereocenters. The van der Waals surface area contributed by atoms with Crippen molar-refractivity contribution in [2.45, 2.75) is 29.5 Å². The van der Waals surface area contributed by atoms with Crippen molar-refractivity contribution in [3.63, 3.8) is 0 Å². The summed E-state index contributed by atoms with van der Waals surface area (Å²) in [7, 11) is -3.59. The Morgan fingerprint density at radius 2 is 1.86 bits per heavy atom. The molecule has 0 radical (unpaired) electrons. The molecular formula is C21H21FN4O2S. The summed E-state index contributed by atoms with van der Waals surface area (Å²) in [5.41, 5.74) is 7.13. The molecule has 1 saturated heterocycles. The minimum Gasteiger partial charge on any atom is -0.382 e. The summed E-state index contributed by atoms with van der Waals surface area (Å²) in [4.78, 5) is 8.24. The number of nitrogen functional groups attached to an aromatic ring is 1. The van der Waals surface area contributed by atoms with Crippen molar-refractivity contribution in [1.82, 2.24) is 15.3 Å². The molecule has 4 rings (SSSR count). The first-order chi connectivity index (χ1) is 14.0. The van der Waals surface area contributed by atoms with Crippen LogP contribution in [0.25, 0.3) is 22.4 Å². The van der Waals surface area contributed by atoms with Crippen LogP contribution in [-0.2, 0) is 9.84 Å². The van der Waals surface area contributed by atoms with Gasteiger partial charge in [0.1, 0.15) is 17.0 Å². The van der Waals surface area contributed by atoms with Gasteiger partial charge in [-0.05, 0) is 49.6 Å². The number of sulfone groups is 1. The molecule has 1 aromatic heterocycles. The molecule has 1 aliphatic rings. The van der Waals surface area contributed by atoms with Gasteiger partial charge >= 0.3 is 0 Å². The zero-order chi connectivity index (χ0) is 20.4. The molecule has 2 aromatic carbocycles. The lowest BCUT2D eigenvalue weighted by Gasteiger charge is -2.24. The molecular weight excluding hydrogens is 391 g/mol. The normalized spacial score (nSPS) is 17.2. The second-order valence-electron chi connectivity index (χ2n) is 7.00. The SMILES string of the molecule is Nc1cnc(-c2ccc(-c3ccccc3S(=O)(=O)C3CCCCN3)cc2F)cn1. The maximum atomic E-state index is 14.8. The van der Waals surface area contributed by atoms with Gasteiger partial charge < -0.3 is 11.1 Å². The third kappa shape index (κ3) is 3.86. The standard InChI is InChI=1S/C21H21FN4O2S/c22-17-11-14(8-9-16(17)18-12-26-20(23)13-25-18)15-5-1-2-6-19(15)29(27,28)21-7-3-4-10-24-21/h1-2,5-6,8-9,11-13,21,24H,3-4,7,10H2,(H2,23,26). The molecule has 1 unspecified atom stereocenters. The summed E-state index contributed by atoms with van der Waals surface area (Å²) in [6, 6.07) is 11.3. The van der Waals surface area contributed by atoms with Crippen LogP contribution < -0.4 is 11.1 Å². The molecule has 2 heterocycles. The van der Waals surface area contributed by atoms with Gasteiger partial charge in [-0.15, -0.1) is 0 Å². The molecule has 150 valence electrons. The number of aromatic nitrogens is 2. The predicted molar refractivity (Wildman–Crippen MR) is 110 cm³/mol. The summed E-state index contributed by atoms with van der Waals surface area (Å²) >= 11 is 0. The number of nitrogens with two attached hydrogens (primary N) is 1. The van der Waals surface area contributed by atoms with Crippen LogP contribution in [-0.4, -0.2) is 30.3 Å². The minimum absolute atomic E-state index is 0.207. The Balaban J connectivity index is 1.74. The van der Waals surface area contributed by atoms with Crippen molar-refractivity contribution in [1.29, 1.82) is 0 Å². The molecule has 0 bridgehead atoms. The number of anilines is 1. The summed E-state index contributed by atoms with van der Waals surface area (Å²) in [6.07, 6.45) is 5.17. The third-order valence-electron chi connectivity index (χ3n) is 5.06. The van der Waals surface area contributed by atoms with Crippen LogP contribution in [0.15, 0.2) is 59.8 Å². The highest BCUT2D eigenvalue weighted by Gasteiger charge is 2.30. The van der Waals surface area contributed by atoms with Crippen molar-refractivity contribution < 1.29 is 12.8 Å². The first-order valence-corrected chi connectivity index (χ1v) is 11.0. The minimum atomic E-state index is -3.59. The Bertz CT molecular complexity index is 1130.